The molecule has 0 radical (unpaired) electrons. The molecular weight excluding hydrogens is 536 g/mol. The summed E-state index contributed by atoms with van der Waals surface area (Å²) in [5, 5.41) is 3.04. The van der Waals surface area contributed by atoms with E-state index in [0.717, 1.165) is 35.7 Å². The molecule has 37 heavy (non-hydrogen) atoms. The minimum absolute atomic E-state index is 0.0491. The van der Waals surface area contributed by atoms with Crippen molar-refractivity contribution in [3.63, 3.8) is 0 Å². The molecule has 7 nitrogen and oxygen atoms in total. The highest BCUT2D eigenvalue weighted by Crippen LogP contribution is 2.36. The van der Waals surface area contributed by atoms with Gasteiger partial charge in [0.1, 0.15) is 5.75 Å². The summed E-state index contributed by atoms with van der Waals surface area (Å²) in [5.74, 6) is -0.416. The number of hydrogen-bond donors (Lipinski definition) is 1. The molecule has 1 aliphatic carbocycles. The normalized spacial score (nSPS) is 17.3. The lowest BCUT2D eigenvalue weighted by Gasteiger charge is -2.22. The highest BCUT2D eigenvalue weighted by molar-refractivity contribution is 9.10. The van der Waals surface area contributed by atoms with E-state index < -0.39 is 5.97 Å². The first kappa shape index (κ1) is 26.7. The van der Waals surface area contributed by atoms with Crippen LogP contribution in [0.1, 0.15) is 51.5 Å². The molecule has 0 aromatic heterocycles. The second kappa shape index (κ2) is 12.2. The Hall–Kier alpha value is -3.39. The minimum atomic E-state index is -0.539. The molecule has 2 aromatic carbocycles. The molecule has 0 bridgehead atoms. The fraction of sp³-hybridized carbons (Fsp3) is 0.345. The maximum Gasteiger partial charge on any atom is 0.340 e. The first-order valence-corrected chi connectivity index (χ1v) is 13.4. The number of benzene rings is 2. The Morgan fingerprint density at radius 3 is 2.38 bits per heavy atom. The van der Waals surface area contributed by atoms with Gasteiger partial charge in [-0.3, -0.25) is 14.5 Å². The average Bonchev–Trinajstić information content (AvgIpc) is 3.14. The molecule has 0 spiro atoms. The first-order valence-electron chi connectivity index (χ1n) is 12.6. The number of amides is 2. The lowest BCUT2D eigenvalue weighted by molar-refractivity contribution is -0.138. The molecule has 1 N–H and O–H groups in total. The topological polar surface area (TPSA) is 84.9 Å². The fourth-order valence-electron chi connectivity index (χ4n) is 4.67. The number of carbonyl (C=O) groups excluding carboxylic acids is 3. The van der Waals surface area contributed by atoms with Crippen LogP contribution in [0.2, 0.25) is 0 Å². The van der Waals surface area contributed by atoms with Crippen LogP contribution < -0.4 is 15.0 Å². The highest BCUT2D eigenvalue weighted by atomic mass is 79.9. The molecule has 0 atom stereocenters. The molecule has 2 amide bonds. The van der Waals surface area contributed by atoms with Gasteiger partial charge in [-0.25, -0.2) is 4.79 Å². The summed E-state index contributed by atoms with van der Waals surface area (Å²) in [4.78, 5) is 40.0. The molecule has 2 aliphatic rings. The second-order valence-corrected chi connectivity index (χ2v) is 10.0. The molecule has 1 saturated carbocycles. The second-order valence-electron chi connectivity index (χ2n) is 9.12. The summed E-state index contributed by atoms with van der Waals surface area (Å²) in [6.45, 7) is 3.62. The van der Waals surface area contributed by atoms with Gasteiger partial charge < -0.3 is 14.8 Å². The van der Waals surface area contributed by atoms with Gasteiger partial charge in [-0.1, -0.05) is 47.3 Å². The third-order valence-electron chi connectivity index (χ3n) is 6.50. The number of ether oxygens (including phenoxy) is 2. The molecule has 4 rings (SSSR count). The van der Waals surface area contributed by atoms with Gasteiger partial charge in [0.25, 0.3) is 11.8 Å². The molecule has 1 aliphatic heterocycles. The highest BCUT2D eigenvalue weighted by Gasteiger charge is 2.38. The van der Waals surface area contributed by atoms with Gasteiger partial charge in [-0.15, -0.1) is 0 Å². The molecular formula is C29H31BrN2O5. The molecule has 194 valence electrons. The van der Waals surface area contributed by atoms with Crippen LogP contribution in [0.4, 0.5) is 5.69 Å². The van der Waals surface area contributed by atoms with E-state index in [-0.39, 0.29) is 42.2 Å². The van der Waals surface area contributed by atoms with Crippen LogP contribution >= 0.6 is 15.9 Å². The van der Waals surface area contributed by atoms with Crippen molar-refractivity contribution < 1.29 is 23.9 Å². The summed E-state index contributed by atoms with van der Waals surface area (Å²) in [6, 6.07) is 14.6. The standard InChI is InChI=1S/C29H31BrN2O5/c1-3-36-29(35)27-19(2)32(23-13-11-21(30)12-14-23)28(34)25(27)17-20-9-15-24(16-10-20)37-18-26(33)31-22-7-5-4-6-8-22/h9-17,22H,3-8,18H2,1-2H3,(H,31,33)/b25-17-. The van der Waals surface area contributed by atoms with E-state index in [1.54, 1.807) is 44.2 Å². The molecule has 2 aromatic rings. The third-order valence-corrected chi connectivity index (χ3v) is 7.02. The van der Waals surface area contributed by atoms with E-state index in [1.165, 1.54) is 11.3 Å². The van der Waals surface area contributed by atoms with E-state index >= 15 is 0 Å². The van der Waals surface area contributed by atoms with Gasteiger partial charge in [-0.05, 0) is 74.7 Å². The Kier molecular flexibility index (Phi) is 8.82. The smallest absolute Gasteiger partial charge is 0.340 e. The van der Waals surface area contributed by atoms with Crippen LogP contribution in [-0.2, 0) is 19.1 Å². The van der Waals surface area contributed by atoms with Gasteiger partial charge in [0.2, 0.25) is 0 Å². The molecule has 1 heterocycles. The van der Waals surface area contributed by atoms with Crippen LogP contribution in [0.15, 0.2) is 69.8 Å². The van der Waals surface area contributed by atoms with Gasteiger partial charge in [0.05, 0.1) is 17.8 Å². The predicted molar refractivity (Wildman–Crippen MR) is 146 cm³/mol. The molecule has 0 saturated heterocycles. The SMILES string of the molecule is CCOC(=O)C1=C(C)N(c2ccc(Br)cc2)C(=O)/C1=C\c1ccc(OCC(=O)NC2CCCCC2)cc1. The zero-order valence-corrected chi connectivity index (χ0v) is 22.7. The van der Waals surface area contributed by atoms with Gasteiger partial charge in [-0.2, -0.15) is 0 Å². The largest absolute Gasteiger partial charge is 0.484 e. The lowest BCUT2D eigenvalue weighted by atomic mass is 9.95. The number of carbonyl (C=O) groups is 3. The van der Waals surface area contributed by atoms with E-state index in [2.05, 4.69) is 21.2 Å². The van der Waals surface area contributed by atoms with Crippen molar-refractivity contribution in [2.45, 2.75) is 52.0 Å². The zero-order chi connectivity index (χ0) is 26.4. The molecule has 8 heteroatoms. The van der Waals surface area contributed by atoms with E-state index in [4.69, 9.17) is 9.47 Å². The average molecular weight is 567 g/mol. The Bertz CT molecular complexity index is 1210. The molecule has 0 unspecified atom stereocenters. The number of allylic oxidation sites excluding steroid dienone is 1. The first-order chi connectivity index (χ1) is 17.9. The maximum atomic E-state index is 13.5. The number of hydrogen-bond acceptors (Lipinski definition) is 5. The predicted octanol–water partition coefficient (Wildman–Crippen LogP) is 5.54. The number of halogens is 1. The zero-order valence-electron chi connectivity index (χ0n) is 21.1. The Morgan fingerprint density at radius 2 is 1.73 bits per heavy atom. The van der Waals surface area contributed by atoms with Crippen molar-refractivity contribution in [2.75, 3.05) is 18.1 Å². The van der Waals surface area contributed by atoms with Crippen LogP contribution in [0.3, 0.4) is 0 Å². The Balaban J connectivity index is 1.49. The quantitative estimate of drug-likeness (QED) is 0.334. The van der Waals surface area contributed by atoms with E-state index in [9.17, 15) is 14.4 Å². The molecule has 1 fully saturated rings. The Labute approximate surface area is 225 Å². The number of nitrogens with one attached hydrogen (secondary N) is 1. The summed E-state index contributed by atoms with van der Waals surface area (Å²) in [6.07, 6.45) is 7.26. The van der Waals surface area contributed by atoms with Crippen molar-refractivity contribution >= 4 is 45.5 Å². The summed E-state index contributed by atoms with van der Waals surface area (Å²) in [7, 11) is 0. The van der Waals surface area contributed by atoms with Crippen molar-refractivity contribution in [3.8, 4) is 5.75 Å². The summed E-state index contributed by atoms with van der Waals surface area (Å²) >= 11 is 3.41. The lowest BCUT2D eigenvalue weighted by Crippen LogP contribution is -2.38. The number of rotatable bonds is 8. The van der Waals surface area contributed by atoms with Crippen LogP contribution in [0.25, 0.3) is 6.08 Å². The Morgan fingerprint density at radius 1 is 1.05 bits per heavy atom. The van der Waals surface area contributed by atoms with Crippen molar-refractivity contribution in [1.82, 2.24) is 5.32 Å². The van der Waals surface area contributed by atoms with Gasteiger partial charge in [0, 0.05) is 21.9 Å². The fourth-order valence-corrected chi connectivity index (χ4v) is 4.94. The van der Waals surface area contributed by atoms with E-state index in [1.807, 2.05) is 24.3 Å². The van der Waals surface area contributed by atoms with Crippen LogP contribution in [0.5, 0.6) is 5.75 Å². The van der Waals surface area contributed by atoms with Crippen molar-refractivity contribution in [1.29, 1.82) is 0 Å². The summed E-state index contributed by atoms with van der Waals surface area (Å²) < 4.78 is 11.8. The van der Waals surface area contributed by atoms with Crippen molar-refractivity contribution in [3.05, 3.63) is 75.4 Å². The minimum Gasteiger partial charge on any atom is -0.484 e. The maximum absolute atomic E-state index is 13.5. The monoisotopic (exact) mass is 566 g/mol. The van der Waals surface area contributed by atoms with Crippen molar-refractivity contribution in [2.24, 2.45) is 0 Å². The number of nitrogens with zero attached hydrogens (tertiary/aromatic N) is 1. The van der Waals surface area contributed by atoms with Gasteiger partial charge >= 0.3 is 5.97 Å². The third kappa shape index (κ3) is 6.49. The number of esters is 1. The number of anilines is 1. The summed E-state index contributed by atoms with van der Waals surface area (Å²) in [5.41, 5.74) is 2.40. The van der Waals surface area contributed by atoms with Crippen LogP contribution in [-0.4, -0.2) is 37.0 Å². The van der Waals surface area contributed by atoms with Crippen LogP contribution in [0, 0.1) is 0 Å². The van der Waals surface area contributed by atoms with E-state index in [0.29, 0.717) is 17.1 Å². The van der Waals surface area contributed by atoms with Gasteiger partial charge in [0.15, 0.2) is 6.61 Å².